The molecule has 1 atom stereocenters. The predicted octanol–water partition coefficient (Wildman–Crippen LogP) is 1.45. The Balaban J connectivity index is 2.74. The molecule has 1 amide bonds. The van der Waals surface area contributed by atoms with Crippen molar-refractivity contribution < 1.29 is 4.79 Å². The number of amides is 1. The van der Waals surface area contributed by atoms with E-state index in [1.165, 1.54) is 0 Å². The molecule has 0 fully saturated rings. The Hall–Kier alpha value is -1.86. The molecule has 0 bridgehead atoms. The highest BCUT2D eigenvalue weighted by Gasteiger charge is 2.14. The van der Waals surface area contributed by atoms with E-state index in [4.69, 9.17) is 5.26 Å². The van der Waals surface area contributed by atoms with Gasteiger partial charge in [0, 0.05) is 5.69 Å². The van der Waals surface area contributed by atoms with Gasteiger partial charge in [0.2, 0.25) is 5.91 Å². The highest BCUT2D eigenvalue weighted by Crippen LogP contribution is 2.10. The molecule has 0 aliphatic heterocycles. The molecular weight excluding hydrogens is 202 g/mol. The molecular formula is C12H15N3O. The summed E-state index contributed by atoms with van der Waals surface area (Å²) >= 11 is 0. The Labute approximate surface area is 95.5 Å². The largest absolute Gasteiger partial charge is 0.325 e. The van der Waals surface area contributed by atoms with Gasteiger partial charge in [0.05, 0.1) is 17.7 Å². The summed E-state index contributed by atoms with van der Waals surface area (Å²) < 4.78 is 0. The Morgan fingerprint density at radius 1 is 1.50 bits per heavy atom. The van der Waals surface area contributed by atoms with Crippen molar-refractivity contribution >= 4 is 11.6 Å². The van der Waals surface area contributed by atoms with Crippen LogP contribution >= 0.6 is 0 Å². The lowest BCUT2D eigenvalue weighted by Crippen LogP contribution is -2.37. The van der Waals surface area contributed by atoms with Gasteiger partial charge in [-0.2, -0.15) is 5.26 Å². The molecule has 0 unspecified atom stereocenters. The minimum atomic E-state index is -0.203. The van der Waals surface area contributed by atoms with Crippen molar-refractivity contribution in [2.24, 2.45) is 0 Å². The zero-order valence-corrected chi connectivity index (χ0v) is 9.69. The van der Waals surface area contributed by atoms with Crippen LogP contribution in [0.25, 0.3) is 0 Å². The van der Waals surface area contributed by atoms with Crippen LogP contribution in [0.4, 0.5) is 5.69 Å². The molecule has 0 aliphatic carbocycles. The SMILES string of the molecule is C[C@@H](C(=O)Nc1cccc(C#N)c1)N(C)C. The standard InChI is InChI=1S/C12H15N3O/c1-9(15(2)3)12(16)14-11-6-4-5-10(7-11)8-13/h4-7,9H,1-3H3,(H,14,16)/t9-/m0/s1. The fraction of sp³-hybridized carbons (Fsp3) is 0.333. The first-order valence-corrected chi connectivity index (χ1v) is 5.02. The van der Waals surface area contributed by atoms with E-state index in [0.29, 0.717) is 11.3 Å². The molecule has 1 aromatic carbocycles. The second kappa shape index (κ2) is 5.29. The Kier molecular flexibility index (Phi) is 4.03. The molecule has 0 saturated carbocycles. The molecule has 0 heterocycles. The third-order valence-corrected chi connectivity index (χ3v) is 2.41. The van der Waals surface area contributed by atoms with Gasteiger partial charge in [0.15, 0.2) is 0 Å². The zero-order chi connectivity index (χ0) is 12.1. The molecule has 1 rings (SSSR count). The third kappa shape index (κ3) is 3.07. The fourth-order valence-corrected chi connectivity index (χ4v) is 1.15. The Morgan fingerprint density at radius 2 is 2.19 bits per heavy atom. The monoisotopic (exact) mass is 217 g/mol. The number of rotatable bonds is 3. The van der Waals surface area contributed by atoms with Crippen LogP contribution < -0.4 is 5.32 Å². The van der Waals surface area contributed by atoms with Gasteiger partial charge in [0.25, 0.3) is 0 Å². The maximum Gasteiger partial charge on any atom is 0.241 e. The van der Waals surface area contributed by atoms with Crippen LogP contribution in [0, 0.1) is 11.3 Å². The normalized spacial score (nSPS) is 11.9. The molecule has 1 N–H and O–H groups in total. The Morgan fingerprint density at radius 3 is 2.75 bits per heavy atom. The van der Waals surface area contributed by atoms with Gasteiger partial charge >= 0.3 is 0 Å². The number of nitrogens with one attached hydrogen (secondary N) is 1. The van der Waals surface area contributed by atoms with Gasteiger partial charge in [-0.25, -0.2) is 0 Å². The van der Waals surface area contributed by atoms with Crippen LogP contribution in [0.2, 0.25) is 0 Å². The summed E-state index contributed by atoms with van der Waals surface area (Å²) in [6, 6.07) is 8.69. The smallest absolute Gasteiger partial charge is 0.241 e. The zero-order valence-electron chi connectivity index (χ0n) is 9.69. The second-order valence-electron chi connectivity index (χ2n) is 3.82. The minimum absolute atomic E-state index is 0.0833. The molecule has 0 aliphatic rings. The topological polar surface area (TPSA) is 56.1 Å². The average molecular weight is 217 g/mol. The number of nitrogens with zero attached hydrogens (tertiary/aromatic N) is 2. The lowest BCUT2D eigenvalue weighted by atomic mass is 10.2. The van der Waals surface area contributed by atoms with Crippen LogP contribution in [0.1, 0.15) is 12.5 Å². The third-order valence-electron chi connectivity index (χ3n) is 2.41. The van der Waals surface area contributed by atoms with Gasteiger partial charge < -0.3 is 5.32 Å². The first-order chi connectivity index (χ1) is 7.54. The van der Waals surface area contributed by atoms with Crippen LogP contribution in [0.5, 0.6) is 0 Å². The highest BCUT2D eigenvalue weighted by atomic mass is 16.2. The number of carbonyl (C=O) groups excluding carboxylic acids is 1. The molecule has 0 aromatic heterocycles. The molecule has 0 radical (unpaired) electrons. The summed E-state index contributed by atoms with van der Waals surface area (Å²) in [5.41, 5.74) is 1.19. The van der Waals surface area contributed by atoms with Gasteiger partial charge in [-0.15, -0.1) is 0 Å². The first kappa shape index (κ1) is 12.2. The maximum absolute atomic E-state index is 11.7. The Bertz CT molecular complexity index is 421. The minimum Gasteiger partial charge on any atom is -0.325 e. The number of benzene rings is 1. The first-order valence-electron chi connectivity index (χ1n) is 5.02. The van der Waals surface area contributed by atoms with E-state index in [1.807, 2.05) is 32.0 Å². The van der Waals surface area contributed by atoms with Crippen LogP contribution in [0.15, 0.2) is 24.3 Å². The fourth-order valence-electron chi connectivity index (χ4n) is 1.15. The molecule has 0 saturated heterocycles. The van der Waals surface area contributed by atoms with Crippen molar-refractivity contribution in [1.82, 2.24) is 4.90 Å². The molecule has 84 valence electrons. The molecule has 4 heteroatoms. The molecule has 4 nitrogen and oxygen atoms in total. The van der Waals surface area contributed by atoms with Crippen LogP contribution in [-0.2, 0) is 4.79 Å². The number of likely N-dealkylation sites (N-methyl/N-ethyl adjacent to an activating group) is 1. The maximum atomic E-state index is 11.7. The molecule has 0 spiro atoms. The van der Waals surface area contributed by atoms with Crippen LogP contribution in [0.3, 0.4) is 0 Å². The van der Waals surface area contributed by atoms with E-state index in [2.05, 4.69) is 5.32 Å². The quantitative estimate of drug-likeness (QED) is 0.833. The summed E-state index contributed by atoms with van der Waals surface area (Å²) in [5.74, 6) is -0.0833. The van der Waals surface area contributed by atoms with Crippen molar-refractivity contribution in [2.45, 2.75) is 13.0 Å². The van der Waals surface area contributed by atoms with E-state index in [1.54, 1.807) is 24.3 Å². The highest BCUT2D eigenvalue weighted by molar-refractivity contribution is 5.94. The number of anilines is 1. The van der Waals surface area contributed by atoms with Crippen molar-refractivity contribution in [1.29, 1.82) is 5.26 Å². The number of carbonyl (C=O) groups is 1. The van der Waals surface area contributed by atoms with E-state index in [9.17, 15) is 4.79 Å². The summed E-state index contributed by atoms with van der Waals surface area (Å²) in [6.45, 7) is 1.82. The lowest BCUT2D eigenvalue weighted by Gasteiger charge is -2.18. The van der Waals surface area contributed by atoms with Gasteiger partial charge in [-0.3, -0.25) is 9.69 Å². The number of nitriles is 1. The van der Waals surface area contributed by atoms with Gasteiger partial charge in [0.1, 0.15) is 0 Å². The summed E-state index contributed by atoms with van der Waals surface area (Å²) in [6.07, 6.45) is 0. The van der Waals surface area contributed by atoms with Crippen molar-refractivity contribution in [3.63, 3.8) is 0 Å². The van der Waals surface area contributed by atoms with Crippen molar-refractivity contribution in [3.8, 4) is 6.07 Å². The lowest BCUT2D eigenvalue weighted by molar-refractivity contribution is -0.119. The average Bonchev–Trinajstić information content (AvgIpc) is 2.28. The predicted molar refractivity (Wildman–Crippen MR) is 62.9 cm³/mol. The number of hydrogen-bond acceptors (Lipinski definition) is 3. The summed E-state index contributed by atoms with van der Waals surface area (Å²) in [4.78, 5) is 13.5. The second-order valence-corrected chi connectivity index (χ2v) is 3.82. The van der Waals surface area contributed by atoms with E-state index in [0.717, 1.165) is 0 Å². The van der Waals surface area contributed by atoms with E-state index >= 15 is 0 Å². The van der Waals surface area contributed by atoms with E-state index < -0.39 is 0 Å². The summed E-state index contributed by atoms with van der Waals surface area (Å²) in [5, 5.41) is 11.5. The number of hydrogen-bond donors (Lipinski definition) is 1. The van der Waals surface area contributed by atoms with Crippen LogP contribution in [-0.4, -0.2) is 30.9 Å². The molecule has 16 heavy (non-hydrogen) atoms. The summed E-state index contributed by atoms with van der Waals surface area (Å²) in [7, 11) is 3.69. The van der Waals surface area contributed by atoms with E-state index in [-0.39, 0.29) is 11.9 Å². The molecule has 1 aromatic rings. The van der Waals surface area contributed by atoms with Crippen molar-refractivity contribution in [2.75, 3.05) is 19.4 Å². The van der Waals surface area contributed by atoms with Gasteiger partial charge in [-0.05, 0) is 39.2 Å². The van der Waals surface area contributed by atoms with Gasteiger partial charge in [-0.1, -0.05) is 6.07 Å². The van der Waals surface area contributed by atoms with Crippen molar-refractivity contribution in [3.05, 3.63) is 29.8 Å².